The number of hydrogen-bond acceptors (Lipinski definition) is 8. The van der Waals surface area contributed by atoms with E-state index in [1.807, 2.05) is 36.5 Å². The Hall–Kier alpha value is -4.42. The number of carbonyl (C=O) groups is 1. The number of ether oxygens (including phenoxy) is 2. The zero-order valence-electron chi connectivity index (χ0n) is 24.3. The van der Waals surface area contributed by atoms with Crippen molar-refractivity contribution >= 4 is 27.5 Å². The van der Waals surface area contributed by atoms with Gasteiger partial charge in [-0.25, -0.2) is 19.1 Å². The van der Waals surface area contributed by atoms with E-state index in [9.17, 15) is 19.5 Å². The highest BCUT2D eigenvalue weighted by molar-refractivity contribution is 7.22. The average Bonchev–Trinajstić information content (AvgIpc) is 3.74. The van der Waals surface area contributed by atoms with Gasteiger partial charge in [-0.05, 0) is 57.4 Å². The maximum Gasteiger partial charge on any atom is 0.333 e. The van der Waals surface area contributed by atoms with Crippen LogP contribution in [0.3, 0.4) is 0 Å². The number of thiophene rings is 1. The fourth-order valence-electron chi connectivity index (χ4n) is 5.77. The van der Waals surface area contributed by atoms with Gasteiger partial charge in [0.2, 0.25) is 5.89 Å². The number of carboxylic acids is 1. The highest BCUT2D eigenvalue weighted by atomic mass is 32.1. The Bertz CT molecular complexity index is 1930. The van der Waals surface area contributed by atoms with Crippen LogP contribution in [-0.2, 0) is 34.6 Å². The number of carboxylic acid groups (broad SMARTS) is 1. The molecular weight excluding hydrogens is 572 g/mol. The van der Waals surface area contributed by atoms with Gasteiger partial charge in [0.05, 0.1) is 36.2 Å². The monoisotopic (exact) mass is 604 g/mol. The lowest BCUT2D eigenvalue weighted by Crippen LogP contribution is -2.52. The highest BCUT2D eigenvalue weighted by Gasteiger charge is 2.36. The SMILES string of the molecule is COc1ccccc1C(Cn1c(=O)n(C(C)(C)C(=O)O)c(=O)c2c(C)c(-c3ncco3)sc21)OC1CCc2cccn2C1. The van der Waals surface area contributed by atoms with Gasteiger partial charge in [0.25, 0.3) is 5.56 Å². The third-order valence-electron chi connectivity index (χ3n) is 8.16. The van der Waals surface area contributed by atoms with Gasteiger partial charge >= 0.3 is 11.7 Å². The standard InChI is InChI=1S/C31H32N4O7S/c1-18-24-27(36)35(31(2,3)29(37)38)30(39)34(28(24)43-25(18)26-32-13-15-41-26)17-23(21-9-5-6-10-22(21)40-4)42-20-12-11-19-8-7-14-33(19)16-20/h5-10,13-15,20,23H,11-12,16-17H2,1-4H3,(H,37,38). The molecule has 0 saturated heterocycles. The summed E-state index contributed by atoms with van der Waals surface area (Å²) >= 11 is 1.20. The number of rotatable bonds is 9. The number of hydrogen-bond donors (Lipinski definition) is 1. The first kappa shape index (κ1) is 28.7. The molecule has 12 heteroatoms. The van der Waals surface area contributed by atoms with E-state index in [4.69, 9.17) is 13.9 Å². The van der Waals surface area contributed by atoms with Gasteiger partial charge in [-0.1, -0.05) is 18.2 Å². The predicted molar refractivity (Wildman–Crippen MR) is 161 cm³/mol. The van der Waals surface area contributed by atoms with E-state index in [1.54, 1.807) is 14.0 Å². The van der Waals surface area contributed by atoms with Gasteiger partial charge in [0.1, 0.15) is 28.5 Å². The summed E-state index contributed by atoms with van der Waals surface area (Å²) in [5.41, 5.74) is -0.723. The largest absolute Gasteiger partial charge is 0.496 e. The summed E-state index contributed by atoms with van der Waals surface area (Å²) in [4.78, 5) is 45.7. The van der Waals surface area contributed by atoms with E-state index in [1.165, 1.54) is 47.9 Å². The van der Waals surface area contributed by atoms with Crippen molar-refractivity contribution in [2.75, 3.05) is 7.11 Å². The Balaban J connectivity index is 1.55. The molecule has 0 fully saturated rings. The van der Waals surface area contributed by atoms with Crippen molar-refractivity contribution in [1.29, 1.82) is 0 Å². The maximum absolute atomic E-state index is 14.2. The van der Waals surface area contributed by atoms with Crippen LogP contribution in [0.25, 0.3) is 21.0 Å². The lowest BCUT2D eigenvalue weighted by molar-refractivity contribution is -0.146. The molecule has 0 spiro atoms. The summed E-state index contributed by atoms with van der Waals surface area (Å²) in [7, 11) is 1.58. The third kappa shape index (κ3) is 4.90. The second-order valence-corrected chi connectivity index (χ2v) is 12.1. The van der Waals surface area contributed by atoms with Crippen LogP contribution in [0.15, 0.2) is 69.1 Å². The molecule has 0 radical (unpaired) electrons. The molecule has 0 saturated carbocycles. The van der Waals surface area contributed by atoms with E-state index in [2.05, 4.69) is 15.6 Å². The molecule has 6 rings (SSSR count). The summed E-state index contributed by atoms with van der Waals surface area (Å²) in [6, 6.07) is 11.6. The maximum atomic E-state index is 14.2. The van der Waals surface area contributed by atoms with Gasteiger partial charge in [-0.3, -0.25) is 9.36 Å². The van der Waals surface area contributed by atoms with E-state index < -0.39 is 28.9 Å². The van der Waals surface area contributed by atoms with Crippen LogP contribution in [0.5, 0.6) is 5.75 Å². The minimum Gasteiger partial charge on any atom is -0.496 e. The van der Waals surface area contributed by atoms with E-state index in [0.29, 0.717) is 33.5 Å². The summed E-state index contributed by atoms with van der Waals surface area (Å²) in [6.07, 6.45) is 5.79. The predicted octanol–water partition coefficient (Wildman–Crippen LogP) is 4.59. The molecule has 43 heavy (non-hydrogen) atoms. The van der Waals surface area contributed by atoms with Crippen molar-refractivity contribution in [3.63, 3.8) is 0 Å². The first-order chi connectivity index (χ1) is 20.6. The molecule has 5 aromatic rings. The smallest absolute Gasteiger partial charge is 0.333 e. The van der Waals surface area contributed by atoms with Gasteiger partial charge in [0, 0.05) is 24.0 Å². The van der Waals surface area contributed by atoms with Crippen LogP contribution < -0.4 is 16.0 Å². The van der Waals surface area contributed by atoms with E-state index >= 15 is 0 Å². The first-order valence-corrected chi connectivity index (χ1v) is 14.8. The second kappa shape index (κ2) is 11.0. The molecule has 2 atom stereocenters. The molecule has 0 amide bonds. The number of aryl methyl sites for hydroxylation is 2. The molecular formula is C31H32N4O7S. The average molecular weight is 605 g/mol. The zero-order chi connectivity index (χ0) is 30.5. The molecule has 2 unspecified atom stereocenters. The molecule has 1 aromatic carbocycles. The molecule has 0 bridgehead atoms. The van der Waals surface area contributed by atoms with Crippen LogP contribution in [0.1, 0.15) is 43.2 Å². The van der Waals surface area contributed by atoms with Gasteiger partial charge in [0.15, 0.2) is 0 Å². The Morgan fingerprint density at radius 3 is 2.74 bits per heavy atom. The molecule has 11 nitrogen and oxygen atoms in total. The number of benzene rings is 1. The third-order valence-corrected chi connectivity index (χ3v) is 9.46. The number of fused-ring (bicyclic) bond motifs is 2. The lowest BCUT2D eigenvalue weighted by Gasteiger charge is -2.31. The highest BCUT2D eigenvalue weighted by Crippen LogP contribution is 2.38. The summed E-state index contributed by atoms with van der Waals surface area (Å²) in [5.74, 6) is -0.402. The van der Waals surface area contributed by atoms with Crippen LogP contribution >= 0.6 is 11.3 Å². The van der Waals surface area contributed by atoms with Gasteiger partial charge in [-0.15, -0.1) is 11.3 Å². The van der Waals surface area contributed by atoms with Crippen molar-refractivity contribution in [3.8, 4) is 16.5 Å². The molecule has 224 valence electrons. The van der Waals surface area contributed by atoms with Crippen LogP contribution in [0.2, 0.25) is 0 Å². The zero-order valence-corrected chi connectivity index (χ0v) is 25.1. The fraction of sp³-hybridized carbons (Fsp3) is 0.355. The number of methoxy groups -OCH3 is 1. The Morgan fingerprint density at radius 2 is 2.02 bits per heavy atom. The minimum atomic E-state index is -1.82. The number of para-hydroxylation sites is 1. The lowest BCUT2D eigenvalue weighted by atomic mass is 10.0. The van der Waals surface area contributed by atoms with E-state index in [0.717, 1.165) is 23.0 Å². The molecule has 1 aliphatic heterocycles. The van der Waals surface area contributed by atoms with Crippen molar-refractivity contribution < 1.29 is 23.8 Å². The van der Waals surface area contributed by atoms with Crippen molar-refractivity contribution in [2.24, 2.45) is 0 Å². The Morgan fingerprint density at radius 1 is 1.23 bits per heavy atom. The number of oxazole rings is 1. The Kier molecular flexibility index (Phi) is 7.35. The van der Waals surface area contributed by atoms with Gasteiger partial charge in [-0.2, -0.15) is 0 Å². The Labute approximate surface area is 250 Å². The number of aliphatic carboxylic acids is 1. The van der Waals surface area contributed by atoms with Crippen molar-refractivity contribution in [2.45, 2.75) is 64.4 Å². The summed E-state index contributed by atoms with van der Waals surface area (Å²) in [5, 5.41) is 10.3. The van der Waals surface area contributed by atoms with Crippen molar-refractivity contribution in [1.82, 2.24) is 18.7 Å². The first-order valence-electron chi connectivity index (χ1n) is 14.0. The minimum absolute atomic E-state index is 0.00565. The fourth-order valence-corrected chi connectivity index (χ4v) is 7.01. The van der Waals surface area contributed by atoms with Crippen LogP contribution in [0.4, 0.5) is 0 Å². The summed E-state index contributed by atoms with van der Waals surface area (Å²) < 4.78 is 22.5. The van der Waals surface area contributed by atoms with Crippen molar-refractivity contribution in [3.05, 3.63) is 92.7 Å². The quantitative estimate of drug-likeness (QED) is 0.259. The second-order valence-electron chi connectivity index (χ2n) is 11.2. The number of nitrogens with zero attached hydrogens (tertiary/aromatic N) is 4. The molecule has 5 heterocycles. The van der Waals surface area contributed by atoms with Crippen LogP contribution in [-0.4, -0.2) is 43.0 Å². The van der Waals surface area contributed by atoms with Gasteiger partial charge < -0.3 is 23.6 Å². The normalized spacial score (nSPS) is 15.9. The molecule has 1 N–H and O–H groups in total. The molecule has 1 aliphatic rings. The topological polar surface area (TPSA) is 131 Å². The molecule has 0 aliphatic carbocycles. The van der Waals surface area contributed by atoms with E-state index in [-0.39, 0.29) is 18.0 Å². The number of aromatic nitrogens is 4. The van der Waals surface area contributed by atoms with Crippen LogP contribution in [0, 0.1) is 6.92 Å². The summed E-state index contributed by atoms with van der Waals surface area (Å²) in [6.45, 7) is 5.09. The molecule has 4 aromatic heterocycles.